The van der Waals surface area contributed by atoms with Crippen LogP contribution in [-0.2, 0) is 4.79 Å². The molecule has 0 aromatic heterocycles. The van der Waals surface area contributed by atoms with Gasteiger partial charge in [0.15, 0.2) is 0 Å². The van der Waals surface area contributed by atoms with Crippen molar-refractivity contribution in [3.8, 4) is 0 Å². The van der Waals surface area contributed by atoms with E-state index in [1.165, 1.54) is 11.8 Å². The quantitative estimate of drug-likeness (QED) is 0.729. The van der Waals surface area contributed by atoms with Gasteiger partial charge in [0.1, 0.15) is 0 Å². The molecule has 1 N–H and O–H groups in total. The van der Waals surface area contributed by atoms with E-state index in [4.69, 9.17) is 0 Å². The van der Waals surface area contributed by atoms with Crippen LogP contribution in [0.2, 0.25) is 0 Å². The molecule has 0 saturated carbocycles. The predicted octanol–water partition coefficient (Wildman–Crippen LogP) is 2.14. The lowest BCUT2D eigenvalue weighted by Crippen LogP contribution is -2.45. The summed E-state index contributed by atoms with van der Waals surface area (Å²) in [5.74, 6) is -6.51. The average Bonchev–Trinajstić information content (AvgIpc) is 2.16. The van der Waals surface area contributed by atoms with E-state index >= 15 is 0 Å². The van der Waals surface area contributed by atoms with Gasteiger partial charge in [-0.3, -0.25) is 4.79 Å². The molecule has 15 heavy (non-hydrogen) atoms. The molecule has 0 aromatic rings. The molecule has 0 saturated heterocycles. The van der Waals surface area contributed by atoms with E-state index in [9.17, 15) is 22.4 Å². The van der Waals surface area contributed by atoms with E-state index < -0.39 is 18.3 Å². The molecule has 0 fully saturated rings. The molecule has 7 heteroatoms. The SMILES string of the molecule is CSC(C)CCNC(=O)C(F)(F)C(F)F. The van der Waals surface area contributed by atoms with Gasteiger partial charge in [-0.2, -0.15) is 20.5 Å². The van der Waals surface area contributed by atoms with Gasteiger partial charge in [-0.15, -0.1) is 0 Å². The van der Waals surface area contributed by atoms with Gasteiger partial charge >= 0.3 is 12.3 Å². The zero-order valence-corrected chi connectivity index (χ0v) is 9.21. The highest BCUT2D eigenvalue weighted by atomic mass is 32.2. The van der Waals surface area contributed by atoms with Gasteiger partial charge in [-0.25, -0.2) is 8.78 Å². The molecular formula is C8H13F4NOS. The van der Waals surface area contributed by atoms with Crippen LogP contribution >= 0.6 is 11.8 Å². The fourth-order valence-corrected chi connectivity index (χ4v) is 1.08. The van der Waals surface area contributed by atoms with Crippen LogP contribution in [0.1, 0.15) is 13.3 Å². The van der Waals surface area contributed by atoms with Crippen LogP contribution < -0.4 is 5.32 Å². The maximum absolute atomic E-state index is 12.4. The van der Waals surface area contributed by atoms with Crippen molar-refractivity contribution < 1.29 is 22.4 Å². The number of halogens is 4. The summed E-state index contributed by atoms with van der Waals surface area (Å²) in [5, 5.41) is 1.97. The summed E-state index contributed by atoms with van der Waals surface area (Å²) in [6.45, 7) is 1.82. The van der Waals surface area contributed by atoms with Gasteiger partial charge in [0.05, 0.1) is 0 Å². The lowest BCUT2D eigenvalue weighted by Gasteiger charge is -2.15. The first-order chi connectivity index (χ1) is 6.82. The Bertz CT molecular complexity index is 213. The minimum Gasteiger partial charge on any atom is -0.351 e. The smallest absolute Gasteiger partial charge is 0.351 e. The molecule has 0 heterocycles. The molecule has 2 nitrogen and oxygen atoms in total. The Balaban J connectivity index is 3.94. The van der Waals surface area contributed by atoms with Crippen LogP contribution in [0.15, 0.2) is 0 Å². The minimum absolute atomic E-state index is 0.0247. The van der Waals surface area contributed by atoms with Crippen LogP contribution in [0.3, 0.4) is 0 Å². The number of hydrogen-bond acceptors (Lipinski definition) is 2. The second kappa shape index (κ2) is 6.19. The Kier molecular flexibility index (Phi) is 6.00. The first-order valence-electron chi connectivity index (χ1n) is 4.29. The Hall–Kier alpha value is -0.460. The molecule has 0 bridgehead atoms. The van der Waals surface area contributed by atoms with Crippen LogP contribution in [0, 0.1) is 0 Å². The summed E-state index contributed by atoms with van der Waals surface area (Å²) in [7, 11) is 0. The van der Waals surface area contributed by atoms with Crippen molar-refractivity contribution in [2.24, 2.45) is 0 Å². The lowest BCUT2D eigenvalue weighted by molar-refractivity contribution is -0.169. The van der Waals surface area contributed by atoms with Crippen LogP contribution in [0.5, 0.6) is 0 Å². The zero-order valence-electron chi connectivity index (χ0n) is 8.40. The molecule has 0 aliphatic heterocycles. The largest absolute Gasteiger partial charge is 0.383 e. The van der Waals surface area contributed by atoms with Gasteiger partial charge in [0, 0.05) is 11.8 Å². The number of hydrogen-bond donors (Lipinski definition) is 1. The zero-order chi connectivity index (χ0) is 12.1. The van der Waals surface area contributed by atoms with Gasteiger partial charge in [-0.05, 0) is 12.7 Å². The molecule has 1 unspecified atom stereocenters. The third-order valence-electron chi connectivity index (χ3n) is 1.82. The van der Waals surface area contributed by atoms with E-state index in [2.05, 4.69) is 0 Å². The first-order valence-corrected chi connectivity index (χ1v) is 5.58. The second-order valence-electron chi connectivity index (χ2n) is 3.01. The van der Waals surface area contributed by atoms with Crippen LogP contribution in [0.25, 0.3) is 0 Å². The van der Waals surface area contributed by atoms with Crippen molar-refractivity contribution in [3.05, 3.63) is 0 Å². The molecule has 0 aliphatic rings. The van der Waals surface area contributed by atoms with E-state index in [0.29, 0.717) is 6.42 Å². The van der Waals surface area contributed by atoms with Crippen molar-refractivity contribution in [1.29, 1.82) is 0 Å². The molecule has 1 amide bonds. The minimum atomic E-state index is -4.59. The highest BCUT2D eigenvalue weighted by molar-refractivity contribution is 7.99. The Morgan fingerprint density at radius 3 is 2.40 bits per heavy atom. The Morgan fingerprint density at radius 2 is 2.00 bits per heavy atom. The molecule has 0 rings (SSSR count). The predicted molar refractivity (Wildman–Crippen MR) is 51.6 cm³/mol. The van der Waals surface area contributed by atoms with Crippen molar-refractivity contribution >= 4 is 17.7 Å². The van der Waals surface area contributed by atoms with E-state index in [0.717, 1.165) is 0 Å². The molecular weight excluding hydrogens is 234 g/mol. The first kappa shape index (κ1) is 14.5. The van der Waals surface area contributed by atoms with Crippen molar-refractivity contribution in [3.63, 3.8) is 0 Å². The summed E-state index contributed by atoms with van der Waals surface area (Å²) in [4.78, 5) is 10.6. The van der Waals surface area contributed by atoms with Crippen molar-refractivity contribution in [2.45, 2.75) is 30.9 Å². The molecule has 0 aromatic carbocycles. The number of amides is 1. The van der Waals surface area contributed by atoms with Gasteiger partial charge < -0.3 is 5.32 Å². The number of thioether (sulfide) groups is 1. The number of carbonyl (C=O) groups excluding carboxylic acids is 1. The number of rotatable bonds is 6. The fourth-order valence-electron chi connectivity index (χ4n) is 0.724. The molecule has 0 radical (unpaired) electrons. The topological polar surface area (TPSA) is 29.1 Å². The van der Waals surface area contributed by atoms with Crippen LogP contribution in [0.4, 0.5) is 17.6 Å². The van der Waals surface area contributed by atoms with Crippen LogP contribution in [-0.4, -0.2) is 36.3 Å². The van der Waals surface area contributed by atoms with Gasteiger partial charge in [0.2, 0.25) is 0 Å². The second-order valence-corrected chi connectivity index (χ2v) is 4.29. The standard InChI is InChI=1S/C8H13F4NOS/c1-5(15-2)3-4-13-7(14)8(11,12)6(9)10/h5-6H,3-4H2,1-2H3,(H,13,14). The molecule has 0 aliphatic carbocycles. The average molecular weight is 247 g/mol. The molecule has 1 atom stereocenters. The van der Waals surface area contributed by atoms with Gasteiger partial charge in [-0.1, -0.05) is 6.92 Å². The van der Waals surface area contributed by atoms with E-state index in [-0.39, 0.29) is 11.8 Å². The highest BCUT2D eigenvalue weighted by Gasteiger charge is 2.48. The van der Waals surface area contributed by atoms with Crippen molar-refractivity contribution in [2.75, 3.05) is 12.8 Å². The molecule has 90 valence electrons. The lowest BCUT2D eigenvalue weighted by atomic mass is 10.3. The third-order valence-corrected chi connectivity index (χ3v) is 2.86. The monoisotopic (exact) mass is 247 g/mol. The van der Waals surface area contributed by atoms with E-state index in [1.54, 1.807) is 5.32 Å². The van der Waals surface area contributed by atoms with E-state index in [1.807, 2.05) is 13.2 Å². The summed E-state index contributed by atoms with van der Waals surface area (Å²) >= 11 is 1.50. The Morgan fingerprint density at radius 1 is 1.47 bits per heavy atom. The fraction of sp³-hybridized carbons (Fsp3) is 0.875. The van der Waals surface area contributed by atoms with Gasteiger partial charge in [0.25, 0.3) is 5.91 Å². The Labute approximate surface area is 89.8 Å². The van der Waals surface area contributed by atoms with Crippen molar-refractivity contribution in [1.82, 2.24) is 5.32 Å². The maximum Gasteiger partial charge on any atom is 0.383 e. The molecule has 0 spiro atoms. The summed E-state index contributed by atoms with van der Waals surface area (Å²) in [6, 6.07) is 0. The number of nitrogens with one attached hydrogen (secondary N) is 1. The number of carbonyl (C=O) groups is 1. The normalized spacial score (nSPS) is 14.1. The number of alkyl halides is 4. The highest BCUT2D eigenvalue weighted by Crippen LogP contribution is 2.22. The maximum atomic E-state index is 12.4. The third kappa shape index (κ3) is 4.72. The summed E-state index contributed by atoms with van der Waals surface area (Å²) in [6.07, 6.45) is -1.66. The summed E-state index contributed by atoms with van der Waals surface area (Å²) < 4.78 is 48.2. The summed E-state index contributed by atoms with van der Waals surface area (Å²) in [5.41, 5.74) is 0.